The van der Waals surface area contributed by atoms with E-state index in [4.69, 9.17) is 4.74 Å². The number of unbranched alkanes of at least 4 members (excludes halogenated alkanes) is 6. The van der Waals surface area contributed by atoms with Crippen LogP contribution < -0.4 is 42.8 Å². The summed E-state index contributed by atoms with van der Waals surface area (Å²) in [5.74, 6) is -14.3. The van der Waals surface area contributed by atoms with E-state index in [1.165, 1.54) is 17.9 Å². The van der Waals surface area contributed by atoms with Crippen LogP contribution >= 0.6 is 0 Å². The summed E-state index contributed by atoms with van der Waals surface area (Å²) < 4.78 is 5.68. The monoisotopic (exact) mass is 1250 g/mol. The largest absolute Gasteiger partial charge is 0.479 e. The van der Waals surface area contributed by atoms with Gasteiger partial charge in [-0.2, -0.15) is 0 Å². The van der Waals surface area contributed by atoms with Gasteiger partial charge in [-0.25, -0.2) is 19.4 Å². The summed E-state index contributed by atoms with van der Waals surface area (Å²) in [6.07, 6.45) is -4.54. The van der Waals surface area contributed by atoms with Crippen LogP contribution in [0, 0.1) is 5.92 Å². The van der Waals surface area contributed by atoms with Crippen molar-refractivity contribution >= 4 is 71.1 Å². The van der Waals surface area contributed by atoms with E-state index in [1.54, 1.807) is 7.05 Å². The molecule has 0 saturated carbocycles. The van der Waals surface area contributed by atoms with E-state index in [2.05, 4.69) is 50.4 Å². The molecule has 32 nitrogen and oxygen atoms in total. The van der Waals surface area contributed by atoms with Crippen molar-refractivity contribution in [1.29, 1.82) is 0 Å². The minimum Gasteiger partial charge on any atom is -0.479 e. The number of aliphatic hydroxyl groups is 5. The number of carboxylic acid groups (broad SMARTS) is 2. The van der Waals surface area contributed by atoms with Crippen LogP contribution in [0.1, 0.15) is 136 Å². The fourth-order valence-electron chi connectivity index (χ4n) is 11.3. The van der Waals surface area contributed by atoms with Gasteiger partial charge in [0.1, 0.15) is 48.4 Å². The Hall–Kier alpha value is -7.39. The predicted octanol–water partition coefficient (Wildman–Crippen LogP) is -4.20. The minimum absolute atomic E-state index is 0.00795. The van der Waals surface area contributed by atoms with Crippen molar-refractivity contribution in [3.05, 3.63) is 22.1 Å². The second-order valence-corrected chi connectivity index (χ2v) is 23.2. The van der Waals surface area contributed by atoms with Crippen molar-refractivity contribution in [3.8, 4) is 0 Å². The lowest BCUT2D eigenvalue weighted by Crippen LogP contribution is -2.64. The van der Waals surface area contributed by atoms with Crippen LogP contribution in [0.3, 0.4) is 0 Å². The maximum atomic E-state index is 14.6. The van der Waals surface area contributed by atoms with Crippen LogP contribution in [0.2, 0.25) is 0 Å². The number of carbonyl (C=O) groups excluding carboxylic acids is 9. The molecule has 0 aliphatic carbocycles. The SMILES string of the molecule is CNCc1cc(=O)[nH]c(NCCC[C@@H]2NC(=O)C3CCCN3C(=O)[C@H]3CCCN3C(=O)[C@@H]([C@@H](C)O)NC(=O)C[C@@H](CCCCCCCCCC(C)C)OC(=O)[C@H]([C@H](O)C(=O)O)NC(=O)[C@@H]3[C@@H](O)CCN3C(=O)[C@@H](CO)NC(=O)[C@@H]([C@@H](O)C(=O)O)NC2=O)n1. The maximum Gasteiger partial charge on any atom is 0.335 e. The summed E-state index contributed by atoms with van der Waals surface area (Å²) in [5, 5.41) is 91.3. The number of fused-ring (bicyclic) bond motifs is 3. The smallest absolute Gasteiger partial charge is 0.335 e. The first-order valence-corrected chi connectivity index (χ1v) is 30.2. The van der Waals surface area contributed by atoms with Crippen LogP contribution in [0.4, 0.5) is 5.95 Å². The van der Waals surface area contributed by atoms with Crippen LogP contribution in [-0.4, -0.2) is 244 Å². The first kappa shape index (κ1) is 71.4. The molecule has 1 unspecified atom stereocenters. The van der Waals surface area contributed by atoms with Crippen LogP contribution in [0.15, 0.2) is 10.9 Å². The van der Waals surface area contributed by atoms with Crippen molar-refractivity contribution in [2.75, 3.05) is 45.2 Å². The molecule has 0 bridgehead atoms. The lowest BCUT2D eigenvalue weighted by atomic mass is 10.0. The van der Waals surface area contributed by atoms with Gasteiger partial charge in [-0.15, -0.1) is 0 Å². The molecule has 492 valence electrons. The zero-order chi connectivity index (χ0) is 64.9. The summed E-state index contributed by atoms with van der Waals surface area (Å²) in [4.78, 5) is 175. The number of ether oxygens (including phenoxy) is 1. The highest BCUT2D eigenvalue weighted by Gasteiger charge is 2.49. The van der Waals surface area contributed by atoms with E-state index in [1.807, 2.05) is 10.6 Å². The quantitative estimate of drug-likeness (QED) is 0.0365. The van der Waals surface area contributed by atoms with Gasteiger partial charge in [0.25, 0.3) is 5.56 Å². The molecule has 4 saturated heterocycles. The van der Waals surface area contributed by atoms with Crippen molar-refractivity contribution in [1.82, 2.24) is 56.6 Å². The van der Waals surface area contributed by atoms with Gasteiger partial charge >= 0.3 is 17.9 Å². The summed E-state index contributed by atoms with van der Waals surface area (Å²) in [6, 6.07) is -13.9. The van der Waals surface area contributed by atoms with Gasteiger partial charge in [0.2, 0.25) is 53.2 Å². The van der Waals surface area contributed by atoms with Gasteiger partial charge in [0, 0.05) is 38.8 Å². The molecule has 4 aliphatic heterocycles. The van der Waals surface area contributed by atoms with E-state index < -0.39 is 169 Å². The van der Waals surface area contributed by atoms with E-state index in [0.29, 0.717) is 29.4 Å². The van der Waals surface area contributed by atoms with Crippen molar-refractivity contribution in [2.24, 2.45) is 5.92 Å². The number of aliphatic carboxylic acids is 2. The number of anilines is 1. The number of aromatic amines is 1. The number of hydrogen-bond donors (Lipinski definition) is 15. The second kappa shape index (κ2) is 34.4. The van der Waals surface area contributed by atoms with Gasteiger partial charge in [0.05, 0.1) is 30.9 Å². The average molecular weight is 1250 g/mol. The van der Waals surface area contributed by atoms with Crippen LogP contribution in [-0.2, 0) is 64.0 Å². The van der Waals surface area contributed by atoms with Crippen molar-refractivity contribution < 1.29 is 93.2 Å². The molecule has 88 heavy (non-hydrogen) atoms. The molecule has 5 heterocycles. The molecule has 13 atom stereocenters. The number of nitrogens with one attached hydrogen (secondary N) is 8. The fourth-order valence-corrected chi connectivity index (χ4v) is 11.3. The minimum atomic E-state index is -2.79. The zero-order valence-corrected chi connectivity index (χ0v) is 50.2. The molecule has 1 aromatic rings. The Bertz CT molecular complexity index is 2680. The Labute approximate surface area is 508 Å². The molecule has 1 aromatic heterocycles. The van der Waals surface area contributed by atoms with Crippen molar-refractivity contribution in [3.63, 3.8) is 0 Å². The van der Waals surface area contributed by atoms with Gasteiger partial charge < -0.3 is 92.4 Å². The number of carboxylic acids is 2. The standard InChI is InChI=1S/C56H88N12O20/c1-29(2)15-10-8-6-5-7-9-11-16-32-26-39(73)62-40(30(3)70)52(82)67-23-14-19-36(67)51(81)66-22-13-18-35(66)47(77)60-33(17-12-21-58-56-59-31(27-57-4)25-38(72)63-56)46(76)64-41(44(74)53(83)84)48(78)61-34(28-69)50(80)68-24-20-37(71)43(68)49(79)65-42(55(87)88-32)45(75)54(85)86/h25,29-30,32-37,40-45,57,69-71,74-75H,5-24,26-28H2,1-4H3,(H,60,77)(H,61,78)(H,62,73)(H,64,76)(H,65,79)(H,83,84)(H,85,86)(H2,58,59,63,72)/t30-,32-,33+,34-,35?,36-,37+,40-,41-,42+,43+,44-,45+/m1/s1. The summed E-state index contributed by atoms with van der Waals surface area (Å²) in [7, 11) is 1.64. The lowest BCUT2D eigenvalue weighted by molar-refractivity contribution is -0.165. The molecule has 15 N–H and O–H groups in total. The van der Waals surface area contributed by atoms with Gasteiger partial charge in [-0.05, 0) is 77.7 Å². The normalized spacial score (nSPS) is 26.9. The zero-order valence-electron chi connectivity index (χ0n) is 50.2. The molecule has 8 amide bonds. The number of amides is 8. The molecular weight excluding hydrogens is 1160 g/mol. The number of aromatic nitrogens is 2. The van der Waals surface area contributed by atoms with Crippen molar-refractivity contribution in [2.45, 2.75) is 215 Å². The Morgan fingerprint density at radius 2 is 1.26 bits per heavy atom. The van der Waals surface area contributed by atoms with Crippen LogP contribution in [0.25, 0.3) is 0 Å². The highest BCUT2D eigenvalue weighted by atomic mass is 16.5. The molecule has 5 rings (SSSR count). The molecule has 0 spiro atoms. The number of aliphatic hydroxyl groups excluding tert-OH is 5. The highest BCUT2D eigenvalue weighted by molar-refractivity contribution is 6.00. The topological polar surface area (TPSA) is 478 Å². The lowest BCUT2D eigenvalue weighted by Gasteiger charge is -2.34. The fraction of sp³-hybridized carbons (Fsp3) is 0.732. The second-order valence-electron chi connectivity index (χ2n) is 23.2. The number of cyclic esters (lactones) is 1. The Balaban J connectivity index is 1.52. The Morgan fingerprint density at radius 3 is 1.89 bits per heavy atom. The highest BCUT2D eigenvalue weighted by Crippen LogP contribution is 2.27. The number of hydrogen-bond acceptors (Lipinski definition) is 21. The number of rotatable bonds is 23. The third-order valence-corrected chi connectivity index (χ3v) is 16.0. The van der Waals surface area contributed by atoms with E-state index >= 15 is 0 Å². The summed E-state index contributed by atoms with van der Waals surface area (Å²) >= 11 is 0. The first-order valence-electron chi connectivity index (χ1n) is 30.2. The number of nitrogens with zero attached hydrogens (tertiary/aromatic N) is 4. The van der Waals surface area contributed by atoms with Gasteiger partial charge in [-0.3, -0.25) is 48.1 Å². The number of H-pyrrole nitrogens is 1. The van der Waals surface area contributed by atoms with E-state index in [0.717, 1.165) is 43.4 Å². The Kier molecular flexibility index (Phi) is 27.9. The number of carbonyl (C=O) groups is 11. The first-order chi connectivity index (χ1) is 41.8. The molecule has 0 radical (unpaired) electrons. The third-order valence-electron chi connectivity index (χ3n) is 16.0. The van der Waals surface area contributed by atoms with Crippen LogP contribution in [0.5, 0.6) is 0 Å². The predicted molar refractivity (Wildman–Crippen MR) is 308 cm³/mol. The maximum absolute atomic E-state index is 14.6. The third kappa shape index (κ3) is 20.1. The Morgan fingerprint density at radius 1 is 0.659 bits per heavy atom. The van der Waals surface area contributed by atoms with Gasteiger partial charge in [0.15, 0.2) is 18.2 Å². The average Bonchev–Trinajstić information content (AvgIpc) is 1.90. The molecular formula is C56H88N12O20. The molecule has 4 fully saturated rings. The number of esters is 1. The van der Waals surface area contributed by atoms with E-state index in [-0.39, 0.29) is 83.5 Å². The summed E-state index contributed by atoms with van der Waals surface area (Å²) in [6.45, 7) is 3.84. The summed E-state index contributed by atoms with van der Waals surface area (Å²) in [5.41, 5.74) is -0.123. The molecule has 0 aromatic carbocycles. The van der Waals surface area contributed by atoms with Gasteiger partial charge in [-0.1, -0.05) is 58.8 Å². The van der Waals surface area contributed by atoms with E-state index in [9.17, 15) is 93.3 Å². The molecule has 4 aliphatic rings. The molecule has 32 heteroatoms.